The van der Waals surface area contributed by atoms with Crippen molar-refractivity contribution >= 4 is 52.0 Å². The van der Waals surface area contributed by atoms with Gasteiger partial charge in [-0.25, -0.2) is 4.98 Å². The van der Waals surface area contributed by atoms with Gasteiger partial charge in [0.25, 0.3) is 0 Å². The summed E-state index contributed by atoms with van der Waals surface area (Å²) in [6.07, 6.45) is 3.95. The number of fused-ring (bicyclic) bond motifs is 1. The van der Waals surface area contributed by atoms with E-state index in [0.717, 1.165) is 31.9 Å². The summed E-state index contributed by atoms with van der Waals surface area (Å²) in [4.78, 5) is 10.1. The number of aryl methyl sites for hydroxylation is 1. The molecule has 0 unspecified atom stereocenters. The number of halogens is 1. The molecule has 0 amide bonds. The van der Waals surface area contributed by atoms with E-state index in [2.05, 4.69) is 70.0 Å². The second-order valence-electron chi connectivity index (χ2n) is 5.86. The minimum atomic E-state index is 0. The molecular weight excluding hydrogens is 455 g/mol. The topological polar surface area (TPSA) is 49.3 Å². The van der Waals surface area contributed by atoms with Crippen LogP contribution in [0, 0.1) is 0 Å². The summed E-state index contributed by atoms with van der Waals surface area (Å²) in [7, 11) is 1.80. The number of rotatable bonds is 6. The van der Waals surface area contributed by atoms with Crippen molar-refractivity contribution in [1.29, 1.82) is 0 Å². The monoisotopic (exact) mass is 480 g/mol. The van der Waals surface area contributed by atoms with Gasteiger partial charge in [-0.3, -0.25) is 4.99 Å². The Morgan fingerprint density at radius 3 is 2.65 bits per heavy atom. The number of nitrogens with zero attached hydrogens (tertiary/aromatic N) is 2. The Bertz CT molecular complexity index is 860. The normalized spacial score (nSPS) is 11.2. The van der Waals surface area contributed by atoms with Crippen LogP contribution >= 0.6 is 35.3 Å². The number of thiazole rings is 1. The predicted octanol–water partition coefficient (Wildman–Crippen LogP) is 4.38. The molecule has 1 heterocycles. The summed E-state index contributed by atoms with van der Waals surface area (Å²) >= 11 is 1.79. The molecule has 0 aliphatic heterocycles. The van der Waals surface area contributed by atoms with E-state index in [1.807, 2.05) is 6.20 Å². The Balaban J connectivity index is 0.00000243. The first kappa shape index (κ1) is 20.6. The second kappa shape index (κ2) is 10.5. The average Bonchev–Trinajstić information content (AvgIpc) is 3.12. The fraction of sp³-hybridized carbons (Fsp3) is 0.300. The zero-order valence-electron chi connectivity index (χ0n) is 15.2. The van der Waals surface area contributed by atoms with Crippen LogP contribution in [0.5, 0.6) is 0 Å². The minimum Gasteiger partial charge on any atom is -0.356 e. The number of guanidine groups is 1. The van der Waals surface area contributed by atoms with Crippen molar-refractivity contribution in [3.63, 3.8) is 0 Å². The van der Waals surface area contributed by atoms with Crippen molar-refractivity contribution in [2.24, 2.45) is 4.99 Å². The van der Waals surface area contributed by atoms with Crippen LogP contribution in [0.4, 0.5) is 0 Å². The SMILES string of the molecule is CCc1cnc(CCNC(=NC)NCc2ccc3ccccc3c2)s1.I. The highest BCUT2D eigenvalue weighted by Crippen LogP contribution is 2.15. The molecule has 2 aromatic carbocycles. The van der Waals surface area contributed by atoms with Crippen LogP contribution in [-0.2, 0) is 19.4 Å². The Labute approximate surface area is 176 Å². The summed E-state index contributed by atoms with van der Waals surface area (Å²) in [5.74, 6) is 0.820. The first-order valence-electron chi connectivity index (χ1n) is 8.64. The Morgan fingerprint density at radius 1 is 1.12 bits per heavy atom. The average molecular weight is 480 g/mol. The van der Waals surface area contributed by atoms with Crippen LogP contribution < -0.4 is 10.6 Å². The zero-order chi connectivity index (χ0) is 17.5. The first-order chi connectivity index (χ1) is 12.3. The summed E-state index contributed by atoms with van der Waals surface area (Å²) in [5, 5.41) is 10.4. The highest BCUT2D eigenvalue weighted by atomic mass is 127. The van der Waals surface area contributed by atoms with Gasteiger partial charge >= 0.3 is 0 Å². The lowest BCUT2D eigenvalue weighted by Gasteiger charge is -2.12. The third-order valence-electron chi connectivity index (χ3n) is 4.08. The number of hydrogen-bond acceptors (Lipinski definition) is 3. The van der Waals surface area contributed by atoms with E-state index >= 15 is 0 Å². The largest absolute Gasteiger partial charge is 0.356 e. The third kappa shape index (κ3) is 5.67. The van der Waals surface area contributed by atoms with Gasteiger partial charge in [0.2, 0.25) is 0 Å². The smallest absolute Gasteiger partial charge is 0.191 e. The molecule has 0 spiro atoms. The fourth-order valence-electron chi connectivity index (χ4n) is 2.67. The highest BCUT2D eigenvalue weighted by molar-refractivity contribution is 14.0. The summed E-state index contributed by atoms with van der Waals surface area (Å²) in [6.45, 7) is 3.74. The number of aliphatic imine (C=N–C) groups is 1. The Kier molecular flexibility index (Phi) is 8.31. The van der Waals surface area contributed by atoms with Crippen molar-refractivity contribution in [3.8, 4) is 0 Å². The molecular formula is C20H25IN4S. The fourth-order valence-corrected chi connectivity index (χ4v) is 3.53. The van der Waals surface area contributed by atoms with E-state index < -0.39 is 0 Å². The van der Waals surface area contributed by atoms with Crippen LogP contribution in [0.15, 0.2) is 53.7 Å². The summed E-state index contributed by atoms with van der Waals surface area (Å²) in [5.41, 5.74) is 1.24. The number of hydrogen-bond donors (Lipinski definition) is 2. The van der Waals surface area contributed by atoms with Crippen molar-refractivity contribution in [2.45, 2.75) is 26.3 Å². The number of nitrogens with one attached hydrogen (secondary N) is 2. The maximum atomic E-state index is 4.45. The lowest BCUT2D eigenvalue weighted by atomic mass is 10.1. The van der Waals surface area contributed by atoms with Crippen LogP contribution in [-0.4, -0.2) is 24.5 Å². The molecule has 2 N–H and O–H groups in total. The maximum absolute atomic E-state index is 4.45. The van der Waals surface area contributed by atoms with Gasteiger partial charge in [-0.2, -0.15) is 0 Å². The van der Waals surface area contributed by atoms with Crippen molar-refractivity contribution in [2.75, 3.05) is 13.6 Å². The van der Waals surface area contributed by atoms with E-state index in [0.29, 0.717) is 0 Å². The van der Waals surface area contributed by atoms with E-state index in [9.17, 15) is 0 Å². The molecule has 0 aliphatic rings. The molecule has 0 saturated heterocycles. The molecule has 0 atom stereocenters. The van der Waals surface area contributed by atoms with E-state index in [1.165, 1.54) is 26.2 Å². The molecule has 4 nitrogen and oxygen atoms in total. The van der Waals surface area contributed by atoms with E-state index in [4.69, 9.17) is 0 Å². The van der Waals surface area contributed by atoms with Crippen molar-refractivity contribution in [1.82, 2.24) is 15.6 Å². The quantitative estimate of drug-likeness (QED) is 0.313. The molecule has 0 bridgehead atoms. The molecule has 0 aliphatic carbocycles. The van der Waals surface area contributed by atoms with Gasteiger partial charge in [-0.15, -0.1) is 35.3 Å². The Morgan fingerprint density at radius 2 is 1.92 bits per heavy atom. The van der Waals surface area contributed by atoms with Gasteiger partial charge in [0.15, 0.2) is 5.96 Å². The molecule has 26 heavy (non-hydrogen) atoms. The molecule has 0 saturated carbocycles. The predicted molar refractivity (Wildman–Crippen MR) is 123 cm³/mol. The highest BCUT2D eigenvalue weighted by Gasteiger charge is 2.03. The lowest BCUT2D eigenvalue weighted by molar-refractivity contribution is 0.792. The van der Waals surface area contributed by atoms with Gasteiger partial charge in [-0.05, 0) is 28.8 Å². The second-order valence-corrected chi connectivity index (χ2v) is 7.06. The van der Waals surface area contributed by atoms with Crippen molar-refractivity contribution < 1.29 is 0 Å². The lowest BCUT2D eigenvalue weighted by Crippen LogP contribution is -2.37. The summed E-state index contributed by atoms with van der Waals surface area (Å²) in [6, 6.07) is 15.0. The number of aromatic nitrogens is 1. The van der Waals surface area contributed by atoms with E-state index in [-0.39, 0.29) is 24.0 Å². The van der Waals surface area contributed by atoms with Gasteiger partial charge in [0, 0.05) is 37.6 Å². The molecule has 3 aromatic rings. The first-order valence-corrected chi connectivity index (χ1v) is 9.46. The molecule has 138 valence electrons. The maximum Gasteiger partial charge on any atom is 0.191 e. The van der Waals surface area contributed by atoms with Gasteiger partial charge in [0.1, 0.15) is 0 Å². The molecule has 0 radical (unpaired) electrons. The van der Waals surface area contributed by atoms with Crippen molar-refractivity contribution in [3.05, 3.63) is 64.1 Å². The third-order valence-corrected chi connectivity index (χ3v) is 5.28. The van der Waals surface area contributed by atoms with Crippen LogP contribution in [0.3, 0.4) is 0 Å². The van der Waals surface area contributed by atoms with E-state index in [1.54, 1.807) is 18.4 Å². The van der Waals surface area contributed by atoms with Crippen LogP contribution in [0.25, 0.3) is 10.8 Å². The molecule has 6 heteroatoms. The zero-order valence-corrected chi connectivity index (χ0v) is 18.3. The summed E-state index contributed by atoms with van der Waals surface area (Å²) < 4.78 is 0. The molecule has 3 rings (SSSR count). The molecule has 0 fully saturated rings. The number of benzene rings is 2. The van der Waals surface area contributed by atoms with Gasteiger partial charge in [-0.1, -0.05) is 43.3 Å². The Hall–Kier alpha value is -1.67. The van der Waals surface area contributed by atoms with Crippen LogP contribution in [0.1, 0.15) is 22.4 Å². The van der Waals surface area contributed by atoms with Gasteiger partial charge < -0.3 is 10.6 Å². The minimum absolute atomic E-state index is 0. The van der Waals surface area contributed by atoms with Gasteiger partial charge in [0.05, 0.1) is 5.01 Å². The standard InChI is InChI=1S/C20H24N4S.HI/c1-3-18-14-23-19(25-18)10-11-22-20(21-2)24-13-15-8-9-16-6-4-5-7-17(16)12-15;/h4-9,12,14H,3,10-11,13H2,1-2H3,(H2,21,22,24);1H. The van der Waals surface area contributed by atoms with Crippen LogP contribution in [0.2, 0.25) is 0 Å². The molecule has 1 aromatic heterocycles.